The van der Waals surface area contributed by atoms with Gasteiger partial charge < -0.3 is 4.90 Å². The topological polar surface area (TPSA) is 20.3 Å². The third-order valence-corrected chi connectivity index (χ3v) is 5.25. The monoisotopic (exact) mass is 315 g/mol. The molecule has 0 N–H and O–H groups in total. The number of halogens is 2. The minimum Gasteiger partial charge on any atom is -0.342 e. The van der Waals surface area contributed by atoms with E-state index in [1.807, 2.05) is 11.2 Å². The zero-order valence-corrected chi connectivity index (χ0v) is 13.1. The molecule has 0 aliphatic carbocycles. The van der Waals surface area contributed by atoms with E-state index in [0.717, 1.165) is 31.5 Å². The fourth-order valence-electron chi connectivity index (χ4n) is 2.46. The van der Waals surface area contributed by atoms with Gasteiger partial charge in [-0.3, -0.25) is 4.79 Å². The molecule has 0 saturated carbocycles. The number of hydrogen-bond donors (Lipinski definition) is 0. The van der Waals surface area contributed by atoms with E-state index in [0.29, 0.717) is 0 Å². The fourth-order valence-corrected chi connectivity index (χ4v) is 3.77. The Bertz CT molecular complexity index is 448. The Labute approximate surface area is 128 Å². The van der Waals surface area contributed by atoms with Crippen LogP contribution in [0.4, 0.5) is 4.39 Å². The van der Waals surface area contributed by atoms with E-state index >= 15 is 0 Å². The van der Waals surface area contributed by atoms with Gasteiger partial charge >= 0.3 is 0 Å². The van der Waals surface area contributed by atoms with Crippen LogP contribution in [0.5, 0.6) is 0 Å². The van der Waals surface area contributed by atoms with Crippen molar-refractivity contribution in [2.45, 2.75) is 29.9 Å². The van der Waals surface area contributed by atoms with Crippen LogP contribution in [-0.4, -0.2) is 35.4 Å². The van der Waals surface area contributed by atoms with Crippen LogP contribution in [0.1, 0.15) is 30.2 Å². The van der Waals surface area contributed by atoms with E-state index in [4.69, 9.17) is 11.6 Å². The maximum absolute atomic E-state index is 13.0. The quantitative estimate of drug-likeness (QED) is 0.787. The molecule has 2 rings (SSSR count). The van der Waals surface area contributed by atoms with Crippen molar-refractivity contribution >= 4 is 29.3 Å². The highest BCUT2D eigenvalue weighted by Crippen LogP contribution is 2.33. The molecule has 1 fully saturated rings. The van der Waals surface area contributed by atoms with E-state index in [-0.39, 0.29) is 17.0 Å². The zero-order valence-electron chi connectivity index (χ0n) is 11.5. The lowest BCUT2D eigenvalue weighted by Gasteiger charge is -2.31. The lowest BCUT2D eigenvalue weighted by Crippen LogP contribution is -2.42. The fraction of sp³-hybridized carbons (Fsp3) is 0.533. The van der Waals surface area contributed by atoms with Crippen LogP contribution in [0, 0.1) is 5.82 Å². The van der Waals surface area contributed by atoms with Gasteiger partial charge in [-0.15, -0.1) is 11.6 Å². The molecular formula is C15H19ClFNOS. The van der Waals surface area contributed by atoms with Gasteiger partial charge in [-0.1, -0.05) is 12.1 Å². The van der Waals surface area contributed by atoms with Crippen molar-refractivity contribution in [1.82, 2.24) is 4.90 Å². The van der Waals surface area contributed by atoms with Gasteiger partial charge in [0, 0.05) is 13.1 Å². The highest BCUT2D eigenvalue weighted by atomic mass is 35.5. The Kier molecular flexibility index (Phi) is 5.73. The number of piperidine rings is 1. The van der Waals surface area contributed by atoms with Crippen LogP contribution < -0.4 is 0 Å². The van der Waals surface area contributed by atoms with Crippen LogP contribution in [0.25, 0.3) is 0 Å². The molecule has 1 amide bonds. The number of amides is 1. The van der Waals surface area contributed by atoms with Crippen molar-refractivity contribution in [3.63, 3.8) is 0 Å². The molecule has 0 aromatic heterocycles. The van der Waals surface area contributed by atoms with E-state index in [1.54, 1.807) is 12.1 Å². The van der Waals surface area contributed by atoms with E-state index < -0.39 is 5.38 Å². The summed E-state index contributed by atoms with van der Waals surface area (Å²) in [6.45, 7) is 1.64. The number of benzene rings is 1. The Morgan fingerprint density at radius 2 is 1.85 bits per heavy atom. The second-order valence-electron chi connectivity index (χ2n) is 5.00. The standard InChI is InChI=1S/C15H19ClFNOS/c1-20-14(15(19)18-9-3-2-4-10-18)13(16)11-5-7-12(17)8-6-11/h5-8,13-14H,2-4,9-10H2,1H3. The summed E-state index contributed by atoms with van der Waals surface area (Å²) < 4.78 is 13.0. The summed E-state index contributed by atoms with van der Waals surface area (Å²) >= 11 is 7.91. The van der Waals surface area contributed by atoms with Crippen molar-refractivity contribution in [3.8, 4) is 0 Å². The molecule has 1 aliphatic rings. The molecule has 2 nitrogen and oxygen atoms in total. The largest absolute Gasteiger partial charge is 0.342 e. The van der Waals surface area contributed by atoms with E-state index in [2.05, 4.69) is 0 Å². The first kappa shape index (κ1) is 15.6. The number of nitrogens with zero attached hydrogens (tertiary/aromatic N) is 1. The number of carbonyl (C=O) groups excluding carboxylic acids is 1. The molecule has 1 saturated heterocycles. The normalized spacial score (nSPS) is 18.6. The van der Waals surface area contributed by atoms with Crippen molar-refractivity contribution in [2.75, 3.05) is 19.3 Å². The summed E-state index contributed by atoms with van der Waals surface area (Å²) in [5.74, 6) is -0.192. The van der Waals surface area contributed by atoms with Gasteiger partial charge in [0.05, 0.1) is 5.38 Å². The third-order valence-electron chi connectivity index (χ3n) is 3.62. The summed E-state index contributed by atoms with van der Waals surface area (Å²) in [5.41, 5.74) is 0.790. The smallest absolute Gasteiger partial charge is 0.237 e. The molecule has 2 unspecified atom stereocenters. The SMILES string of the molecule is CSC(C(=O)N1CCCCC1)C(Cl)c1ccc(F)cc1. The second kappa shape index (κ2) is 7.32. The van der Waals surface area contributed by atoms with Crippen molar-refractivity contribution in [1.29, 1.82) is 0 Å². The molecule has 1 aromatic carbocycles. The van der Waals surface area contributed by atoms with Crippen molar-refractivity contribution < 1.29 is 9.18 Å². The van der Waals surface area contributed by atoms with Gasteiger partial charge in [0.25, 0.3) is 0 Å². The average Bonchev–Trinajstić information content (AvgIpc) is 2.49. The summed E-state index contributed by atoms with van der Waals surface area (Å²) in [6.07, 6.45) is 5.22. The van der Waals surface area contributed by atoms with Crippen LogP contribution >= 0.6 is 23.4 Å². The zero-order chi connectivity index (χ0) is 14.5. The van der Waals surface area contributed by atoms with Crippen LogP contribution in [0.15, 0.2) is 24.3 Å². The Morgan fingerprint density at radius 1 is 1.25 bits per heavy atom. The predicted molar refractivity (Wildman–Crippen MR) is 82.7 cm³/mol. The van der Waals surface area contributed by atoms with Crippen LogP contribution in [0.2, 0.25) is 0 Å². The Hall–Kier alpha value is -0.740. The first-order valence-electron chi connectivity index (χ1n) is 6.84. The molecule has 0 spiro atoms. The number of carbonyl (C=O) groups is 1. The van der Waals surface area contributed by atoms with Gasteiger partial charge in [0.2, 0.25) is 5.91 Å². The highest BCUT2D eigenvalue weighted by molar-refractivity contribution is 8.00. The van der Waals surface area contributed by atoms with Gasteiger partial charge in [0.15, 0.2) is 0 Å². The summed E-state index contributed by atoms with van der Waals surface area (Å²) in [4.78, 5) is 14.5. The first-order valence-corrected chi connectivity index (χ1v) is 8.57. The molecule has 5 heteroatoms. The van der Waals surface area contributed by atoms with Crippen LogP contribution in [0.3, 0.4) is 0 Å². The third kappa shape index (κ3) is 3.67. The minimum atomic E-state index is -0.431. The number of hydrogen-bond acceptors (Lipinski definition) is 2. The molecule has 1 heterocycles. The number of likely N-dealkylation sites (tertiary alicyclic amines) is 1. The van der Waals surface area contributed by atoms with Gasteiger partial charge in [-0.05, 0) is 43.2 Å². The predicted octanol–water partition coefficient (Wildman–Crippen LogP) is 3.85. The lowest BCUT2D eigenvalue weighted by atomic mass is 10.1. The number of rotatable bonds is 4. The Morgan fingerprint density at radius 3 is 2.40 bits per heavy atom. The second-order valence-corrected chi connectivity index (χ2v) is 6.45. The first-order chi connectivity index (χ1) is 9.63. The number of thioether (sulfide) groups is 1. The molecule has 20 heavy (non-hydrogen) atoms. The summed E-state index contributed by atoms with van der Waals surface area (Å²) in [5, 5.41) is -0.750. The molecule has 0 radical (unpaired) electrons. The van der Waals surface area contributed by atoms with E-state index in [1.165, 1.54) is 30.3 Å². The minimum absolute atomic E-state index is 0.0986. The average molecular weight is 316 g/mol. The lowest BCUT2D eigenvalue weighted by molar-refractivity contribution is -0.131. The van der Waals surface area contributed by atoms with Gasteiger partial charge in [0.1, 0.15) is 11.1 Å². The maximum Gasteiger partial charge on any atom is 0.237 e. The maximum atomic E-state index is 13.0. The van der Waals surface area contributed by atoms with Crippen molar-refractivity contribution in [3.05, 3.63) is 35.6 Å². The summed E-state index contributed by atoms with van der Waals surface area (Å²) in [7, 11) is 0. The highest BCUT2D eigenvalue weighted by Gasteiger charge is 2.31. The molecular weight excluding hydrogens is 297 g/mol. The molecule has 2 atom stereocenters. The number of alkyl halides is 1. The van der Waals surface area contributed by atoms with Gasteiger partial charge in [-0.2, -0.15) is 11.8 Å². The molecule has 1 aliphatic heterocycles. The van der Waals surface area contributed by atoms with Crippen molar-refractivity contribution in [2.24, 2.45) is 0 Å². The summed E-state index contributed by atoms with van der Waals surface area (Å²) in [6, 6.07) is 6.07. The molecule has 110 valence electrons. The Balaban J connectivity index is 2.09. The van der Waals surface area contributed by atoms with E-state index in [9.17, 15) is 9.18 Å². The molecule has 0 bridgehead atoms. The molecule has 1 aromatic rings. The van der Waals surface area contributed by atoms with Crippen LogP contribution in [-0.2, 0) is 4.79 Å². The van der Waals surface area contributed by atoms with Gasteiger partial charge in [-0.25, -0.2) is 4.39 Å².